The lowest BCUT2D eigenvalue weighted by Crippen LogP contribution is -2.20. The van der Waals surface area contributed by atoms with Crippen molar-refractivity contribution in [2.75, 3.05) is 19.0 Å². The highest BCUT2D eigenvalue weighted by molar-refractivity contribution is 7.07. The lowest BCUT2D eigenvalue weighted by Gasteiger charge is -2.18. The first-order chi connectivity index (χ1) is 15.8. The Kier molecular flexibility index (Phi) is 8.39. The second-order valence-electron chi connectivity index (χ2n) is 7.53. The SMILES string of the molecule is COC[C@H](C)Oc1cc(O[C@@H](C)Cc2ccsc2)cc(C(=O)Nc2ccc(C(=O)O)cn2)c1. The molecule has 1 aromatic carbocycles. The van der Waals surface area contributed by atoms with Crippen LogP contribution in [-0.4, -0.2) is 47.9 Å². The number of hydrogen-bond donors (Lipinski definition) is 2. The minimum Gasteiger partial charge on any atom is -0.490 e. The van der Waals surface area contributed by atoms with Crippen molar-refractivity contribution in [3.8, 4) is 11.5 Å². The molecule has 0 unspecified atom stereocenters. The lowest BCUT2D eigenvalue weighted by molar-refractivity contribution is 0.0696. The fourth-order valence-corrected chi connectivity index (χ4v) is 3.82. The van der Waals surface area contributed by atoms with Gasteiger partial charge in [0.25, 0.3) is 5.91 Å². The van der Waals surface area contributed by atoms with Crippen molar-refractivity contribution in [1.29, 1.82) is 0 Å². The van der Waals surface area contributed by atoms with Gasteiger partial charge in [0.1, 0.15) is 23.4 Å². The van der Waals surface area contributed by atoms with Crippen LogP contribution in [0.3, 0.4) is 0 Å². The molecule has 0 spiro atoms. The van der Waals surface area contributed by atoms with Crippen LogP contribution in [0.5, 0.6) is 11.5 Å². The zero-order valence-corrected chi connectivity index (χ0v) is 19.4. The van der Waals surface area contributed by atoms with Crippen molar-refractivity contribution >= 4 is 29.0 Å². The van der Waals surface area contributed by atoms with E-state index < -0.39 is 11.9 Å². The van der Waals surface area contributed by atoms with Gasteiger partial charge in [-0.3, -0.25) is 4.79 Å². The van der Waals surface area contributed by atoms with Gasteiger partial charge in [-0.05, 0) is 60.5 Å². The molecular weight excluding hydrogens is 444 g/mol. The Morgan fingerprint density at radius 1 is 1.06 bits per heavy atom. The Labute approximate surface area is 196 Å². The number of amides is 1. The van der Waals surface area contributed by atoms with Gasteiger partial charge < -0.3 is 24.6 Å². The first kappa shape index (κ1) is 24.2. The van der Waals surface area contributed by atoms with Gasteiger partial charge in [-0.25, -0.2) is 9.78 Å². The van der Waals surface area contributed by atoms with Gasteiger partial charge in [0.15, 0.2) is 0 Å². The number of ether oxygens (including phenoxy) is 3. The van der Waals surface area contributed by atoms with Crippen molar-refractivity contribution in [3.63, 3.8) is 0 Å². The number of thiophene rings is 1. The van der Waals surface area contributed by atoms with Crippen LogP contribution in [0.15, 0.2) is 53.4 Å². The zero-order chi connectivity index (χ0) is 23.8. The molecule has 2 atom stereocenters. The van der Waals surface area contributed by atoms with Crippen molar-refractivity contribution in [1.82, 2.24) is 4.98 Å². The predicted octanol–water partition coefficient (Wildman–Crippen LogP) is 4.52. The van der Waals surface area contributed by atoms with Gasteiger partial charge in [-0.15, -0.1) is 0 Å². The number of benzene rings is 1. The van der Waals surface area contributed by atoms with Crippen LogP contribution < -0.4 is 14.8 Å². The number of carbonyl (C=O) groups is 2. The summed E-state index contributed by atoms with van der Waals surface area (Å²) in [6, 6.07) is 9.85. The number of aromatic nitrogens is 1. The Morgan fingerprint density at radius 3 is 2.36 bits per heavy atom. The molecule has 0 bridgehead atoms. The van der Waals surface area contributed by atoms with E-state index in [4.69, 9.17) is 19.3 Å². The van der Waals surface area contributed by atoms with Crippen molar-refractivity contribution < 1.29 is 28.9 Å². The molecule has 174 valence electrons. The smallest absolute Gasteiger partial charge is 0.337 e. The largest absolute Gasteiger partial charge is 0.490 e. The molecular formula is C24H26N2O6S. The number of nitrogens with one attached hydrogen (secondary N) is 1. The number of anilines is 1. The summed E-state index contributed by atoms with van der Waals surface area (Å²) >= 11 is 1.63. The molecule has 9 heteroatoms. The van der Waals surface area contributed by atoms with Gasteiger partial charge in [0.2, 0.25) is 0 Å². The Balaban J connectivity index is 1.79. The van der Waals surface area contributed by atoms with E-state index >= 15 is 0 Å². The molecule has 0 radical (unpaired) electrons. The standard InChI is InChI=1S/C24H26N2O6S/c1-15(8-17-6-7-33-14-17)31-20-9-19(10-21(11-20)32-16(2)13-30-3)23(27)26-22-5-4-18(12-25-22)24(28)29/h4-7,9-12,14-16H,8,13H2,1-3H3,(H,28,29)(H,25,26,27)/t15-,16-/m0/s1. The Morgan fingerprint density at radius 2 is 1.79 bits per heavy atom. The third-order valence-corrected chi connectivity index (χ3v) is 5.31. The zero-order valence-electron chi connectivity index (χ0n) is 18.6. The van der Waals surface area contributed by atoms with E-state index in [2.05, 4.69) is 21.7 Å². The number of methoxy groups -OCH3 is 1. The average molecular weight is 471 g/mol. The molecule has 0 aliphatic heterocycles. The van der Waals surface area contributed by atoms with Crippen LogP contribution in [0.4, 0.5) is 5.82 Å². The summed E-state index contributed by atoms with van der Waals surface area (Å²) in [7, 11) is 1.59. The highest BCUT2D eigenvalue weighted by atomic mass is 32.1. The average Bonchev–Trinajstić information content (AvgIpc) is 3.26. The highest BCUT2D eigenvalue weighted by Crippen LogP contribution is 2.26. The Bertz CT molecular complexity index is 1070. The number of hydrogen-bond acceptors (Lipinski definition) is 7. The van der Waals surface area contributed by atoms with Gasteiger partial charge in [-0.2, -0.15) is 11.3 Å². The van der Waals surface area contributed by atoms with Gasteiger partial charge in [0, 0.05) is 31.4 Å². The first-order valence-corrected chi connectivity index (χ1v) is 11.3. The summed E-state index contributed by atoms with van der Waals surface area (Å²) in [5.41, 5.74) is 1.53. The molecule has 2 aromatic heterocycles. The summed E-state index contributed by atoms with van der Waals surface area (Å²) < 4.78 is 17.1. The van der Waals surface area contributed by atoms with Crippen LogP contribution in [0, 0.1) is 0 Å². The number of carboxylic acid groups (broad SMARTS) is 1. The maximum absolute atomic E-state index is 12.9. The molecule has 0 aliphatic carbocycles. The Hall–Kier alpha value is -3.43. The van der Waals surface area contributed by atoms with E-state index in [9.17, 15) is 9.59 Å². The van der Waals surface area contributed by atoms with E-state index in [1.807, 2.05) is 19.2 Å². The number of carbonyl (C=O) groups excluding carboxylic acids is 1. The second kappa shape index (κ2) is 11.4. The fourth-order valence-electron chi connectivity index (χ4n) is 3.14. The van der Waals surface area contributed by atoms with Crippen LogP contribution in [0.2, 0.25) is 0 Å². The minimum atomic E-state index is -1.09. The number of aromatic carboxylic acids is 1. The third kappa shape index (κ3) is 7.30. The fraction of sp³-hybridized carbons (Fsp3) is 0.292. The molecule has 33 heavy (non-hydrogen) atoms. The van der Waals surface area contributed by atoms with E-state index in [1.54, 1.807) is 36.6 Å². The quantitative estimate of drug-likeness (QED) is 0.424. The molecule has 0 aliphatic rings. The summed E-state index contributed by atoms with van der Waals surface area (Å²) in [6.45, 7) is 4.22. The normalized spacial score (nSPS) is 12.6. The van der Waals surface area contributed by atoms with Crippen molar-refractivity contribution in [3.05, 3.63) is 70.0 Å². The summed E-state index contributed by atoms with van der Waals surface area (Å²) in [5, 5.41) is 15.8. The van der Waals surface area contributed by atoms with Gasteiger partial charge in [-0.1, -0.05) is 0 Å². The number of pyridine rings is 1. The topological polar surface area (TPSA) is 107 Å². The van der Waals surface area contributed by atoms with Crippen LogP contribution in [0.25, 0.3) is 0 Å². The summed E-state index contributed by atoms with van der Waals surface area (Å²) in [4.78, 5) is 27.9. The van der Waals surface area contributed by atoms with Crippen LogP contribution in [0.1, 0.15) is 40.1 Å². The molecule has 2 N–H and O–H groups in total. The number of nitrogens with zero attached hydrogens (tertiary/aromatic N) is 1. The summed E-state index contributed by atoms with van der Waals surface area (Å²) in [5.74, 6) is -0.310. The molecule has 2 heterocycles. The maximum atomic E-state index is 12.9. The van der Waals surface area contributed by atoms with E-state index in [0.717, 1.165) is 6.42 Å². The first-order valence-electron chi connectivity index (χ1n) is 10.3. The third-order valence-electron chi connectivity index (χ3n) is 4.57. The molecule has 3 rings (SSSR count). The second-order valence-corrected chi connectivity index (χ2v) is 8.31. The van der Waals surface area contributed by atoms with E-state index in [-0.39, 0.29) is 23.6 Å². The number of rotatable bonds is 11. The number of carboxylic acids is 1. The molecule has 3 aromatic rings. The van der Waals surface area contributed by atoms with E-state index in [0.29, 0.717) is 23.7 Å². The van der Waals surface area contributed by atoms with Gasteiger partial charge in [0.05, 0.1) is 18.3 Å². The molecule has 0 saturated carbocycles. The molecule has 1 amide bonds. The maximum Gasteiger partial charge on any atom is 0.337 e. The van der Waals surface area contributed by atoms with Gasteiger partial charge >= 0.3 is 5.97 Å². The van der Waals surface area contributed by atoms with Crippen molar-refractivity contribution in [2.24, 2.45) is 0 Å². The van der Waals surface area contributed by atoms with Crippen LogP contribution >= 0.6 is 11.3 Å². The predicted molar refractivity (Wildman–Crippen MR) is 126 cm³/mol. The minimum absolute atomic E-state index is 0.0332. The molecule has 0 saturated heterocycles. The lowest BCUT2D eigenvalue weighted by atomic mass is 10.1. The van der Waals surface area contributed by atoms with Crippen LogP contribution in [-0.2, 0) is 11.2 Å². The highest BCUT2D eigenvalue weighted by Gasteiger charge is 2.15. The monoisotopic (exact) mass is 470 g/mol. The van der Waals surface area contributed by atoms with Crippen molar-refractivity contribution in [2.45, 2.75) is 32.5 Å². The molecule has 8 nitrogen and oxygen atoms in total. The summed E-state index contributed by atoms with van der Waals surface area (Å²) in [6.07, 6.45) is 1.57. The van der Waals surface area contributed by atoms with E-state index in [1.165, 1.54) is 23.9 Å². The molecule has 0 fully saturated rings.